The molecule has 5 heteroatoms. The van der Waals surface area contributed by atoms with Gasteiger partial charge in [-0.25, -0.2) is 5.06 Å². The van der Waals surface area contributed by atoms with Crippen LogP contribution in [0.3, 0.4) is 0 Å². The lowest BCUT2D eigenvalue weighted by atomic mass is 9.88. The Morgan fingerprint density at radius 3 is 2.64 bits per heavy atom. The molecule has 0 radical (unpaired) electrons. The minimum absolute atomic E-state index is 0.0628. The first-order valence-corrected chi connectivity index (χ1v) is 8.68. The van der Waals surface area contributed by atoms with Gasteiger partial charge in [0.1, 0.15) is 6.10 Å². The van der Waals surface area contributed by atoms with Crippen LogP contribution in [0.2, 0.25) is 0 Å². The van der Waals surface area contributed by atoms with Crippen LogP contribution < -0.4 is 0 Å². The minimum Gasteiger partial charge on any atom is -0.381 e. The molecule has 1 aliphatic heterocycles. The summed E-state index contributed by atoms with van der Waals surface area (Å²) in [6, 6.07) is 0. The predicted octanol–water partition coefficient (Wildman–Crippen LogP) is 2.79. The van der Waals surface area contributed by atoms with E-state index in [0.717, 1.165) is 38.9 Å². The van der Waals surface area contributed by atoms with E-state index in [2.05, 4.69) is 6.92 Å². The highest BCUT2D eigenvalue weighted by Crippen LogP contribution is 2.27. The van der Waals surface area contributed by atoms with Gasteiger partial charge in [-0.15, -0.1) is 0 Å². The predicted molar refractivity (Wildman–Crippen MR) is 84.2 cm³/mol. The fraction of sp³-hybridized carbons (Fsp3) is 0.941. The zero-order valence-electron chi connectivity index (χ0n) is 14.3. The highest BCUT2D eigenvalue weighted by molar-refractivity contribution is 5.79. The molecule has 1 aliphatic carbocycles. The molecule has 1 heterocycles. The van der Waals surface area contributed by atoms with Crippen molar-refractivity contribution in [1.29, 1.82) is 0 Å². The molecule has 0 bridgehead atoms. The molecular weight excluding hydrogens is 282 g/mol. The second-order valence-electron chi connectivity index (χ2n) is 6.81. The van der Waals surface area contributed by atoms with Crippen LogP contribution in [0.15, 0.2) is 0 Å². The van der Waals surface area contributed by atoms with E-state index in [1.54, 1.807) is 7.11 Å². The van der Waals surface area contributed by atoms with Crippen molar-refractivity contribution in [3.8, 4) is 0 Å². The summed E-state index contributed by atoms with van der Waals surface area (Å²) >= 11 is 0. The largest absolute Gasteiger partial charge is 0.381 e. The maximum absolute atomic E-state index is 12.5. The average Bonchev–Trinajstić information content (AvgIpc) is 2.53. The summed E-state index contributed by atoms with van der Waals surface area (Å²) in [6.07, 6.45) is 6.35. The van der Waals surface area contributed by atoms with Crippen molar-refractivity contribution in [2.24, 2.45) is 11.8 Å². The van der Waals surface area contributed by atoms with Gasteiger partial charge in [-0.3, -0.25) is 9.63 Å². The molecule has 5 nitrogen and oxygen atoms in total. The molecule has 0 unspecified atom stereocenters. The molecular formula is C17H31NO4. The molecule has 0 aromatic heterocycles. The van der Waals surface area contributed by atoms with Crippen LogP contribution in [0.4, 0.5) is 0 Å². The SMILES string of the molecule is CON(CC1CCOCC1)C(=O)[C@H](C)O[C@@H]1CCC[C@H](C)C1. The van der Waals surface area contributed by atoms with Gasteiger partial charge in [0.15, 0.2) is 0 Å². The third kappa shape index (κ3) is 5.21. The molecule has 1 saturated carbocycles. The summed E-state index contributed by atoms with van der Waals surface area (Å²) in [4.78, 5) is 17.9. The standard InChI is InChI=1S/C17H31NO4/c1-13-5-4-6-16(11-13)22-14(2)17(19)18(20-3)12-15-7-9-21-10-8-15/h13-16H,4-12H2,1-3H3/t13-,14-,16+/m0/s1. The maximum Gasteiger partial charge on any atom is 0.274 e. The summed E-state index contributed by atoms with van der Waals surface area (Å²) in [7, 11) is 1.56. The third-order valence-corrected chi connectivity index (χ3v) is 4.86. The molecule has 22 heavy (non-hydrogen) atoms. The molecule has 0 spiro atoms. The Morgan fingerprint density at radius 2 is 2.00 bits per heavy atom. The van der Waals surface area contributed by atoms with Crippen molar-refractivity contribution in [2.45, 2.75) is 64.6 Å². The monoisotopic (exact) mass is 313 g/mol. The van der Waals surface area contributed by atoms with E-state index in [4.69, 9.17) is 14.3 Å². The van der Waals surface area contributed by atoms with E-state index in [1.807, 2.05) is 6.92 Å². The maximum atomic E-state index is 12.5. The minimum atomic E-state index is -0.435. The summed E-state index contributed by atoms with van der Waals surface area (Å²) in [6.45, 7) is 6.30. The van der Waals surface area contributed by atoms with Crippen molar-refractivity contribution >= 4 is 5.91 Å². The smallest absolute Gasteiger partial charge is 0.274 e. The lowest BCUT2D eigenvalue weighted by Crippen LogP contribution is -2.43. The van der Waals surface area contributed by atoms with Crippen LogP contribution in [-0.4, -0.2) is 50.0 Å². The molecule has 2 rings (SSSR count). The lowest BCUT2D eigenvalue weighted by Gasteiger charge is -2.32. The number of hydroxylamine groups is 2. The zero-order valence-corrected chi connectivity index (χ0v) is 14.3. The number of ether oxygens (including phenoxy) is 2. The van der Waals surface area contributed by atoms with E-state index in [0.29, 0.717) is 18.4 Å². The Morgan fingerprint density at radius 1 is 1.27 bits per heavy atom. The highest BCUT2D eigenvalue weighted by atomic mass is 16.7. The van der Waals surface area contributed by atoms with Gasteiger partial charge in [0.25, 0.3) is 5.91 Å². The van der Waals surface area contributed by atoms with E-state index < -0.39 is 6.10 Å². The van der Waals surface area contributed by atoms with E-state index >= 15 is 0 Å². The molecule has 1 amide bonds. The van der Waals surface area contributed by atoms with Crippen LogP contribution in [0.25, 0.3) is 0 Å². The average molecular weight is 313 g/mol. The van der Waals surface area contributed by atoms with Crippen LogP contribution in [0.5, 0.6) is 0 Å². The summed E-state index contributed by atoms with van der Waals surface area (Å²) in [5, 5.41) is 1.48. The molecule has 0 aromatic rings. The van der Waals surface area contributed by atoms with Gasteiger partial charge in [0, 0.05) is 13.2 Å². The Hall–Kier alpha value is -0.650. The number of hydrogen-bond donors (Lipinski definition) is 0. The summed E-state index contributed by atoms with van der Waals surface area (Å²) < 4.78 is 11.4. The summed E-state index contributed by atoms with van der Waals surface area (Å²) in [5.41, 5.74) is 0. The summed E-state index contributed by atoms with van der Waals surface area (Å²) in [5.74, 6) is 1.09. The topological polar surface area (TPSA) is 48.0 Å². The molecule has 0 N–H and O–H groups in total. The molecule has 2 aliphatic rings. The van der Waals surface area contributed by atoms with Gasteiger partial charge >= 0.3 is 0 Å². The first-order valence-electron chi connectivity index (χ1n) is 8.68. The number of amides is 1. The third-order valence-electron chi connectivity index (χ3n) is 4.86. The number of rotatable bonds is 6. The number of nitrogens with zero attached hydrogens (tertiary/aromatic N) is 1. The number of hydrogen-bond acceptors (Lipinski definition) is 4. The van der Waals surface area contributed by atoms with E-state index in [9.17, 15) is 4.79 Å². The quantitative estimate of drug-likeness (QED) is 0.708. The van der Waals surface area contributed by atoms with Gasteiger partial charge < -0.3 is 9.47 Å². The van der Waals surface area contributed by atoms with Crippen molar-refractivity contribution in [2.75, 3.05) is 26.9 Å². The Labute approximate surface area is 134 Å². The van der Waals surface area contributed by atoms with Crippen molar-refractivity contribution in [3.05, 3.63) is 0 Å². The van der Waals surface area contributed by atoms with Gasteiger partial charge in [-0.1, -0.05) is 19.8 Å². The normalized spacial score (nSPS) is 28.3. The molecule has 3 atom stereocenters. The van der Waals surface area contributed by atoms with Crippen molar-refractivity contribution < 1.29 is 19.1 Å². The highest BCUT2D eigenvalue weighted by Gasteiger charge is 2.29. The Kier molecular flexibility index (Phi) is 7.12. The fourth-order valence-electron chi connectivity index (χ4n) is 3.47. The lowest BCUT2D eigenvalue weighted by molar-refractivity contribution is -0.195. The van der Waals surface area contributed by atoms with E-state index in [1.165, 1.54) is 17.9 Å². The van der Waals surface area contributed by atoms with Gasteiger partial charge in [-0.05, 0) is 44.4 Å². The second-order valence-corrected chi connectivity index (χ2v) is 6.81. The van der Waals surface area contributed by atoms with Crippen LogP contribution in [-0.2, 0) is 19.1 Å². The second kappa shape index (κ2) is 8.85. The molecule has 1 saturated heterocycles. The zero-order chi connectivity index (χ0) is 15.9. The van der Waals surface area contributed by atoms with Gasteiger partial charge in [0.05, 0.1) is 19.8 Å². The van der Waals surface area contributed by atoms with Crippen LogP contribution in [0.1, 0.15) is 52.4 Å². The van der Waals surface area contributed by atoms with Crippen LogP contribution >= 0.6 is 0 Å². The van der Waals surface area contributed by atoms with Gasteiger partial charge in [-0.2, -0.15) is 0 Å². The number of carbonyl (C=O) groups excluding carboxylic acids is 1. The van der Waals surface area contributed by atoms with Crippen LogP contribution in [0, 0.1) is 11.8 Å². The molecule has 128 valence electrons. The Bertz CT molecular complexity index is 344. The first-order chi connectivity index (χ1) is 10.6. The molecule has 0 aromatic carbocycles. The Balaban J connectivity index is 1.81. The first kappa shape index (κ1) is 17.7. The number of carbonyl (C=O) groups is 1. The fourth-order valence-corrected chi connectivity index (χ4v) is 3.47. The van der Waals surface area contributed by atoms with E-state index in [-0.39, 0.29) is 12.0 Å². The van der Waals surface area contributed by atoms with Gasteiger partial charge in [0.2, 0.25) is 0 Å². The molecule has 2 fully saturated rings. The van der Waals surface area contributed by atoms with Crippen molar-refractivity contribution in [1.82, 2.24) is 5.06 Å². The van der Waals surface area contributed by atoms with Crippen molar-refractivity contribution in [3.63, 3.8) is 0 Å².